The van der Waals surface area contributed by atoms with Crippen LogP contribution < -0.4 is 11.1 Å². The fourth-order valence-electron chi connectivity index (χ4n) is 1.86. The van der Waals surface area contributed by atoms with Crippen molar-refractivity contribution in [1.29, 1.82) is 5.26 Å². The Morgan fingerprint density at radius 1 is 1.19 bits per heavy atom. The van der Waals surface area contributed by atoms with Crippen molar-refractivity contribution >= 4 is 17.3 Å². The number of hydrogen-bond acceptors (Lipinski definition) is 6. The summed E-state index contributed by atoms with van der Waals surface area (Å²) in [4.78, 5) is 8.10. The first-order valence-electron chi connectivity index (χ1n) is 6.16. The number of nitrogens with one attached hydrogen (secondary N) is 1. The van der Waals surface area contributed by atoms with E-state index in [0.29, 0.717) is 11.6 Å². The van der Waals surface area contributed by atoms with Gasteiger partial charge in [0.05, 0.1) is 6.20 Å². The molecule has 0 atom stereocenters. The summed E-state index contributed by atoms with van der Waals surface area (Å²) in [7, 11) is 0. The molecule has 7 heteroatoms. The van der Waals surface area contributed by atoms with Crippen LogP contribution in [0.5, 0.6) is 0 Å². The van der Waals surface area contributed by atoms with Gasteiger partial charge in [-0.15, -0.1) is 5.10 Å². The van der Waals surface area contributed by atoms with Gasteiger partial charge in [0.1, 0.15) is 17.5 Å². The summed E-state index contributed by atoms with van der Waals surface area (Å²) in [5, 5.41) is 16.7. The van der Waals surface area contributed by atoms with Crippen LogP contribution in [0, 0.1) is 11.3 Å². The Labute approximate surface area is 120 Å². The highest BCUT2D eigenvalue weighted by Crippen LogP contribution is 2.25. The molecule has 0 amide bonds. The molecule has 7 nitrogen and oxygen atoms in total. The van der Waals surface area contributed by atoms with Crippen LogP contribution in [-0.4, -0.2) is 19.7 Å². The molecule has 0 radical (unpaired) electrons. The zero-order valence-electron chi connectivity index (χ0n) is 10.9. The zero-order valence-corrected chi connectivity index (χ0v) is 10.9. The van der Waals surface area contributed by atoms with Crippen LogP contribution in [0.25, 0.3) is 5.82 Å². The quantitative estimate of drug-likeness (QED) is 0.757. The van der Waals surface area contributed by atoms with Crippen molar-refractivity contribution in [3.05, 3.63) is 54.5 Å². The first-order valence-corrected chi connectivity index (χ1v) is 6.16. The SMILES string of the molecule is N#Cc1c(Nc2ccccc2)nn(-c2cnccn2)c1N. The molecule has 0 spiro atoms. The maximum absolute atomic E-state index is 9.28. The van der Waals surface area contributed by atoms with Gasteiger partial charge in [-0.3, -0.25) is 4.98 Å². The van der Waals surface area contributed by atoms with E-state index in [-0.39, 0.29) is 11.4 Å². The summed E-state index contributed by atoms with van der Waals surface area (Å²) in [6.07, 6.45) is 4.61. The zero-order chi connectivity index (χ0) is 14.7. The molecule has 0 aliphatic rings. The molecule has 2 aromatic heterocycles. The Morgan fingerprint density at radius 3 is 2.67 bits per heavy atom. The summed E-state index contributed by atoms with van der Waals surface area (Å²) in [6, 6.07) is 11.5. The molecule has 2 heterocycles. The van der Waals surface area contributed by atoms with Crippen LogP contribution in [0.1, 0.15) is 5.56 Å². The minimum Gasteiger partial charge on any atom is -0.382 e. The summed E-state index contributed by atoms with van der Waals surface area (Å²) >= 11 is 0. The fourth-order valence-corrected chi connectivity index (χ4v) is 1.86. The third-order valence-corrected chi connectivity index (χ3v) is 2.84. The molecule has 3 N–H and O–H groups in total. The minimum absolute atomic E-state index is 0.219. The number of hydrogen-bond donors (Lipinski definition) is 2. The van der Waals surface area contributed by atoms with Gasteiger partial charge < -0.3 is 11.1 Å². The summed E-state index contributed by atoms with van der Waals surface area (Å²) < 4.78 is 1.39. The van der Waals surface area contributed by atoms with Gasteiger partial charge in [0, 0.05) is 18.1 Å². The van der Waals surface area contributed by atoms with Crippen molar-refractivity contribution in [1.82, 2.24) is 19.7 Å². The third-order valence-electron chi connectivity index (χ3n) is 2.84. The Hall–Kier alpha value is -3.40. The summed E-state index contributed by atoms with van der Waals surface area (Å²) in [6.45, 7) is 0. The Bertz CT molecular complexity index is 787. The smallest absolute Gasteiger partial charge is 0.174 e. The molecular formula is C14H11N7. The number of aromatic nitrogens is 4. The molecule has 0 aliphatic carbocycles. The van der Waals surface area contributed by atoms with E-state index in [2.05, 4.69) is 26.5 Å². The van der Waals surface area contributed by atoms with Crippen molar-refractivity contribution in [2.24, 2.45) is 0 Å². The van der Waals surface area contributed by atoms with Gasteiger partial charge in [0.25, 0.3) is 0 Å². The van der Waals surface area contributed by atoms with Crippen LogP contribution in [0.3, 0.4) is 0 Å². The van der Waals surface area contributed by atoms with Crippen molar-refractivity contribution in [3.63, 3.8) is 0 Å². The number of nitriles is 1. The molecule has 0 unspecified atom stereocenters. The molecule has 0 fully saturated rings. The van der Waals surface area contributed by atoms with Crippen molar-refractivity contribution < 1.29 is 0 Å². The number of para-hydroxylation sites is 1. The second-order valence-corrected chi connectivity index (χ2v) is 4.19. The van der Waals surface area contributed by atoms with Gasteiger partial charge in [-0.1, -0.05) is 18.2 Å². The second-order valence-electron chi connectivity index (χ2n) is 4.19. The van der Waals surface area contributed by atoms with E-state index in [9.17, 15) is 5.26 Å². The van der Waals surface area contributed by atoms with Crippen molar-refractivity contribution in [2.45, 2.75) is 0 Å². The van der Waals surface area contributed by atoms with E-state index in [1.54, 1.807) is 6.20 Å². The predicted molar refractivity (Wildman–Crippen MR) is 78.0 cm³/mol. The molecule has 1 aromatic carbocycles. The summed E-state index contributed by atoms with van der Waals surface area (Å²) in [5.41, 5.74) is 7.06. The van der Waals surface area contributed by atoms with Crippen LogP contribution >= 0.6 is 0 Å². The van der Waals surface area contributed by atoms with Crippen LogP contribution in [-0.2, 0) is 0 Å². The largest absolute Gasteiger partial charge is 0.382 e. The lowest BCUT2D eigenvalue weighted by Gasteiger charge is -2.02. The lowest BCUT2D eigenvalue weighted by atomic mass is 10.3. The average molecular weight is 277 g/mol. The van der Waals surface area contributed by atoms with E-state index < -0.39 is 0 Å². The first-order chi connectivity index (χ1) is 10.3. The number of rotatable bonds is 3. The maximum atomic E-state index is 9.28. The van der Waals surface area contributed by atoms with Crippen LogP contribution in [0.2, 0.25) is 0 Å². The summed E-state index contributed by atoms with van der Waals surface area (Å²) in [5.74, 6) is 1.05. The van der Waals surface area contributed by atoms with Gasteiger partial charge in [0.2, 0.25) is 0 Å². The highest BCUT2D eigenvalue weighted by molar-refractivity contribution is 5.70. The molecule has 3 aromatic rings. The monoisotopic (exact) mass is 277 g/mol. The number of nitrogen functional groups attached to an aromatic ring is 1. The molecular weight excluding hydrogens is 266 g/mol. The fraction of sp³-hybridized carbons (Fsp3) is 0. The normalized spacial score (nSPS) is 10.0. The van der Waals surface area contributed by atoms with E-state index in [1.807, 2.05) is 30.3 Å². The average Bonchev–Trinajstić information content (AvgIpc) is 2.85. The molecule has 21 heavy (non-hydrogen) atoms. The first kappa shape index (κ1) is 12.6. The van der Waals surface area contributed by atoms with E-state index in [4.69, 9.17) is 5.73 Å². The Kier molecular flexibility index (Phi) is 3.19. The topological polar surface area (TPSA) is 105 Å². The van der Waals surface area contributed by atoms with Gasteiger partial charge >= 0.3 is 0 Å². The number of nitrogens with zero attached hydrogens (tertiary/aromatic N) is 5. The lowest BCUT2D eigenvalue weighted by molar-refractivity contribution is 0.851. The molecule has 0 aliphatic heterocycles. The van der Waals surface area contributed by atoms with Crippen LogP contribution in [0.4, 0.5) is 17.3 Å². The number of benzene rings is 1. The molecule has 0 saturated heterocycles. The number of anilines is 3. The van der Waals surface area contributed by atoms with Crippen molar-refractivity contribution in [3.8, 4) is 11.9 Å². The highest BCUT2D eigenvalue weighted by atomic mass is 15.4. The predicted octanol–water partition coefficient (Wildman–Crippen LogP) is 1.86. The van der Waals surface area contributed by atoms with Gasteiger partial charge in [-0.25, -0.2) is 4.98 Å². The maximum Gasteiger partial charge on any atom is 0.174 e. The van der Waals surface area contributed by atoms with E-state index in [1.165, 1.54) is 17.1 Å². The lowest BCUT2D eigenvalue weighted by Crippen LogP contribution is -2.04. The Morgan fingerprint density at radius 2 is 2.00 bits per heavy atom. The van der Waals surface area contributed by atoms with Gasteiger partial charge in [0.15, 0.2) is 11.6 Å². The number of nitrogens with two attached hydrogens (primary N) is 1. The molecule has 0 saturated carbocycles. The molecule has 3 rings (SSSR count). The molecule has 0 bridgehead atoms. The van der Waals surface area contributed by atoms with E-state index in [0.717, 1.165) is 5.69 Å². The Balaban J connectivity index is 2.04. The van der Waals surface area contributed by atoms with Gasteiger partial charge in [-0.2, -0.15) is 9.94 Å². The molecule has 102 valence electrons. The van der Waals surface area contributed by atoms with E-state index >= 15 is 0 Å². The van der Waals surface area contributed by atoms with Crippen molar-refractivity contribution in [2.75, 3.05) is 11.1 Å². The minimum atomic E-state index is 0.219. The standard InChI is InChI=1S/C14H11N7/c15-8-11-13(16)21(12-9-17-6-7-18-12)20-14(11)19-10-4-2-1-3-5-10/h1-7,9H,16H2,(H,19,20). The van der Waals surface area contributed by atoms with Crippen LogP contribution in [0.15, 0.2) is 48.9 Å². The highest BCUT2D eigenvalue weighted by Gasteiger charge is 2.17. The third kappa shape index (κ3) is 2.37. The van der Waals surface area contributed by atoms with Gasteiger partial charge in [-0.05, 0) is 12.1 Å². The second kappa shape index (κ2) is 5.30.